The monoisotopic (exact) mass is 217 g/mol. The third-order valence-electron chi connectivity index (χ3n) is 2.60. The average molecular weight is 217 g/mol. The van der Waals surface area contributed by atoms with Crippen molar-refractivity contribution in [3.63, 3.8) is 0 Å². The van der Waals surface area contributed by atoms with Crippen LogP contribution in [0, 0.1) is 5.92 Å². The van der Waals surface area contributed by atoms with Gasteiger partial charge >= 0.3 is 0 Å². The number of hydrogen-bond donors (Lipinski definition) is 2. The van der Waals surface area contributed by atoms with Gasteiger partial charge in [0, 0.05) is 17.9 Å². The summed E-state index contributed by atoms with van der Waals surface area (Å²) in [5.41, 5.74) is 8.38. The molecule has 0 aromatic carbocycles. The molecule has 86 valence electrons. The minimum atomic E-state index is -1.01. The maximum absolute atomic E-state index is 9.74. The van der Waals surface area contributed by atoms with Gasteiger partial charge in [-0.3, -0.25) is 0 Å². The van der Waals surface area contributed by atoms with Crippen LogP contribution in [0.1, 0.15) is 6.92 Å². The van der Waals surface area contributed by atoms with Crippen molar-refractivity contribution < 1.29 is 19.7 Å². The van der Waals surface area contributed by atoms with E-state index in [1.54, 1.807) is 6.92 Å². The van der Waals surface area contributed by atoms with Gasteiger partial charge in [-0.2, -0.15) is 0 Å². The van der Waals surface area contributed by atoms with E-state index >= 15 is 0 Å². The van der Waals surface area contributed by atoms with E-state index in [1.165, 1.54) is 7.11 Å². The van der Waals surface area contributed by atoms with Crippen molar-refractivity contribution in [3.8, 4) is 0 Å². The predicted octanol–water partition coefficient (Wildman–Crippen LogP) is 0.0259. The van der Waals surface area contributed by atoms with Crippen molar-refractivity contribution in [2.75, 3.05) is 13.7 Å². The topological polar surface area (TPSA) is 108 Å². The van der Waals surface area contributed by atoms with Crippen molar-refractivity contribution in [3.05, 3.63) is 10.4 Å². The maximum Gasteiger partial charge on any atom is 0.160 e. The van der Waals surface area contributed by atoms with E-state index in [4.69, 9.17) is 20.1 Å². The van der Waals surface area contributed by atoms with Crippen molar-refractivity contribution in [1.82, 2.24) is 0 Å². The number of aliphatic hydroxyl groups excluding tert-OH is 2. The first kappa shape index (κ1) is 12.2. The summed E-state index contributed by atoms with van der Waals surface area (Å²) in [4.78, 5) is 2.67. The number of methoxy groups -OCH3 is 1. The lowest BCUT2D eigenvalue weighted by Gasteiger charge is -2.40. The third kappa shape index (κ3) is 2.39. The Bertz CT molecular complexity index is 240. The van der Waals surface area contributed by atoms with Crippen LogP contribution in [0.25, 0.3) is 10.4 Å². The Morgan fingerprint density at radius 1 is 1.60 bits per heavy atom. The molecule has 1 saturated heterocycles. The highest BCUT2D eigenvalue weighted by atomic mass is 16.7. The van der Waals surface area contributed by atoms with Gasteiger partial charge in [-0.1, -0.05) is 12.0 Å². The van der Waals surface area contributed by atoms with E-state index in [-0.39, 0.29) is 12.5 Å². The lowest BCUT2D eigenvalue weighted by Crippen LogP contribution is -2.54. The summed E-state index contributed by atoms with van der Waals surface area (Å²) in [6.07, 6.45) is -2.37. The van der Waals surface area contributed by atoms with Gasteiger partial charge < -0.3 is 19.7 Å². The largest absolute Gasteiger partial charge is 0.394 e. The zero-order valence-corrected chi connectivity index (χ0v) is 8.65. The summed E-state index contributed by atoms with van der Waals surface area (Å²) in [7, 11) is 1.46. The Kier molecular flexibility index (Phi) is 4.31. The van der Waals surface area contributed by atoms with Crippen LogP contribution in [-0.4, -0.2) is 48.5 Å². The van der Waals surface area contributed by atoms with Crippen LogP contribution in [0.5, 0.6) is 0 Å². The number of nitrogens with zero attached hydrogens (tertiary/aromatic N) is 3. The van der Waals surface area contributed by atoms with Gasteiger partial charge in [0.05, 0.1) is 18.8 Å². The van der Waals surface area contributed by atoms with Crippen LogP contribution in [0.3, 0.4) is 0 Å². The Labute approximate surface area is 87.2 Å². The SMILES string of the molecule is COC1OC(CO)[C@@H](O)C(N=[N+]=[N-])[C@@H]1C. The molecule has 7 nitrogen and oxygen atoms in total. The molecule has 15 heavy (non-hydrogen) atoms. The molecule has 0 aliphatic carbocycles. The van der Waals surface area contributed by atoms with E-state index in [0.29, 0.717) is 0 Å². The molecule has 3 unspecified atom stereocenters. The standard InChI is InChI=1S/C8H15N3O4/c1-4-6(10-11-9)7(13)5(3-12)15-8(4)14-2/h4-8,12-13H,3H2,1-2H3/t4-,5?,6?,7+,8?/m0/s1. The minimum Gasteiger partial charge on any atom is -0.394 e. The minimum absolute atomic E-state index is 0.260. The molecule has 0 aromatic heterocycles. The first-order valence-corrected chi connectivity index (χ1v) is 4.67. The summed E-state index contributed by atoms with van der Waals surface area (Å²) in [6, 6.07) is -0.647. The molecule has 0 radical (unpaired) electrons. The fourth-order valence-corrected chi connectivity index (χ4v) is 1.72. The van der Waals surface area contributed by atoms with Crippen molar-refractivity contribution >= 4 is 0 Å². The fourth-order valence-electron chi connectivity index (χ4n) is 1.72. The van der Waals surface area contributed by atoms with Crippen molar-refractivity contribution in [2.24, 2.45) is 11.0 Å². The van der Waals surface area contributed by atoms with Crippen LogP contribution >= 0.6 is 0 Å². The molecule has 1 aliphatic rings. The van der Waals surface area contributed by atoms with Crippen LogP contribution < -0.4 is 0 Å². The average Bonchev–Trinajstić information content (AvgIpc) is 2.25. The number of aliphatic hydroxyl groups is 2. The van der Waals surface area contributed by atoms with Crippen molar-refractivity contribution in [1.29, 1.82) is 0 Å². The van der Waals surface area contributed by atoms with Crippen LogP contribution in [0.4, 0.5) is 0 Å². The normalized spacial score (nSPS) is 40.9. The number of rotatable bonds is 3. The summed E-state index contributed by atoms with van der Waals surface area (Å²) in [5.74, 6) is -0.260. The molecule has 2 N–H and O–H groups in total. The smallest absolute Gasteiger partial charge is 0.160 e. The Hall–Kier alpha value is -0.850. The molecule has 1 aliphatic heterocycles. The maximum atomic E-state index is 9.74. The second-order valence-corrected chi connectivity index (χ2v) is 3.51. The summed E-state index contributed by atoms with van der Waals surface area (Å²) < 4.78 is 10.3. The quantitative estimate of drug-likeness (QED) is 0.395. The molecule has 0 amide bonds. The van der Waals surface area contributed by atoms with Crippen LogP contribution in [-0.2, 0) is 9.47 Å². The van der Waals surface area contributed by atoms with E-state index in [2.05, 4.69) is 10.0 Å². The molecule has 5 atom stereocenters. The van der Waals surface area contributed by atoms with E-state index in [0.717, 1.165) is 0 Å². The van der Waals surface area contributed by atoms with Gasteiger partial charge in [0.25, 0.3) is 0 Å². The molecule has 1 fully saturated rings. The summed E-state index contributed by atoms with van der Waals surface area (Å²) in [5, 5.41) is 22.2. The molecule has 1 heterocycles. The second kappa shape index (κ2) is 5.29. The fraction of sp³-hybridized carbons (Fsp3) is 1.00. The van der Waals surface area contributed by atoms with Gasteiger partial charge in [0.15, 0.2) is 6.29 Å². The zero-order chi connectivity index (χ0) is 11.4. The highest BCUT2D eigenvalue weighted by Crippen LogP contribution is 2.28. The molecule has 0 bridgehead atoms. The molecule has 0 aromatic rings. The Morgan fingerprint density at radius 3 is 2.73 bits per heavy atom. The van der Waals surface area contributed by atoms with E-state index in [9.17, 15) is 5.11 Å². The molecule has 7 heteroatoms. The number of hydrogen-bond acceptors (Lipinski definition) is 5. The highest BCUT2D eigenvalue weighted by molar-refractivity contribution is 4.92. The van der Waals surface area contributed by atoms with Crippen LogP contribution in [0.2, 0.25) is 0 Å². The number of ether oxygens (including phenoxy) is 2. The third-order valence-corrected chi connectivity index (χ3v) is 2.60. The number of azide groups is 1. The Balaban J connectivity index is 2.85. The Morgan fingerprint density at radius 2 is 2.27 bits per heavy atom. The molecular weight excluding hydrogens is 202 g/mol. The second-order valence-electron chi connectivity index (χ2n) is 3.51. The first-order chi connectivity index (χ1) is 7.15. The van der Waals surface area contributed by atoms with E-state index < -0.39 is 24.5 Å². The van der Waals surface area contributed by atoms with Gasteiger partial charge in [0.2, 0.25) is 0 Å². The summed E-state index contributed by atoms with van der Waals surface area (Å²) in [6.45, 7) is 1.41. The highest BCUT2D eigenvalue weighted by Gasteiger charge is 2.42. The lowest BCUT2D eigenvalue weighted by molar-refractivity contribution is -0.248. The lowest BCUT2D eigenvalue weighted by atomic mass is 9.90. The summed E-state index contributed by atoms with van der Waals surface area (Å²) >= 11 is 0. The van der Waals surface area contributed by atoms with Crippen LogP contribution in [0.15, 0.2) is 5.11 Å². The van der Waals surface area contributed by atoms with Crippen molar-refractivity contribution in [2.45, 2.75) is 31.5 Å². The molecule has 0 spiro atoms. The molecule has 0 saturated carbocycles. The van der Waals surface area contributed by atoms with Gasteiger partial charge in [-0.05, 0) is 5.53 Å². The van der Waals surface area contributed by atoms with E-state index in [1.807, 2.05) is 0 Å². The zero-order valence-electron chi connectivity index (χ0n) is 8.65. The van der Waals surface area contributed by atoms with Gasteiger partial charge in [-0.25, -0.2) is 0 Å². The van der Waals surface area contributed by atoms with Gasteiger partial charge in [0.1, 0.15) is 6.10 Å². The molecule has 1 rings (SSSR count). The predicted molar refractivity (Wildman–Crippen MR) is 50.9 cm³/mol. The molecular formula is C8H15N3O4. The first-order valence-electron chi connectivity index (χ1n) is 4.67. The van der Waals surface area contributed by atoms with Gasteiger partial charge in [-0.15, -0.1) is 0 Å².